The Morgan fingerprint density at radius 2 is 1.56 bits per heavy atom. The Bertz CT molecular complexity index is 1010. The third kappa shape index (κ3) is 6.89. The first-order valence-electron chi connectivity index (χ1n) is 10.5. The van der Waals surface area contributed by atoms with Crippen LogP contribution in [0.25, 0.3) is 0 Å². The fourth-order valence-electron chi connectivity index (χ4n) is 3.36. The highest BCUT2D eigenvalue weighted by Gasteiger charge is 2.26. The topological polar surface area (TPSA) is 75.6 Å². The van der Waals surface area contributed by atoms with Crippen molar-refractivity contribution in [1.29, 1.82) is 0 Å². The number of amides is 1. The summed E-state index contributed by atoms with van der Waals surface area (Å²) in [7, 11) is 0. The zero-order valence-corrected chi connectivity index (χ0v) is 18.6. The van der Waals surface area contributed by atoms with E-state index in [4.69, 9.17) is 4.74 Å². The minimum absolute atomic E-state index is 0.320. The lowest BCUT2D eigenvalue weighted by Gasteiger charge is -2.20. The number of ether oxygens (including phenoxy) is 1. The average molecular weight is 450 g/mol. The van der Waals surface area contributed by atoms with Gasteiger partial charge in [-0.25, -0.2) is 4.79 Å². The Hall–Kier alpha value is -3.25. The first-order chi connectivity index (χ1) is 15.6. The van der Waals surface area contributed by atoms with Crippen LogP contribution in [0.4, 0.5) is 0 Å². The summed E-state index contributed by atoms with van der Waals surface area (Å²) >= 11 is 4.31. The highest BCUT2D eigenvalue weighted by molar-refractivity contribution is 7.80. The predicted octanol–water partition coefficient (Wildman–Crippen LogP) is 4.69. The van der Waals surface area contributed by atoms with Crippen LogP contribution in [0.2, 0.25) is 0 Å². The van der Waals surface area contributed by atoms with Crippen molar-refractivity contribution in [3.63, 3.8) is 0 Å². The van der Waals surface area contributed by atoms with Gasteiger partial charge in [0.2, 0.25) is 5.91 Å². The van der Waals surface area contributed by atoms with Gasteiger partial charge in [-0.05, 0) is 41.7 Å². The number of aryl methyl sites for hydroxylation is 1. The van der Waals surface area contributed by atoms with Crippen molar-refractivity contribution in [2.24, 2.45) is 5.92 Å². The smallest absolute Gasteiger partial charge is 0.330 e. The maximum absolute atomic E-state index is 12.8. The fourth-order valence-corrected chi connectivity index (χ4v) is 3.71. The lowest BCUT2D eigenvalue weighted by Crippen LogP contribution is -2.38. The van der Waals surface area contributed by atoms with Gasteiger partial charge in [-0.15, -0.1) is 0 Å². The number of carboxylic acids is 1. The van der Waals surface area contributed by atoms with E-state index in [0.717, 1.165) is 17.5 Å². The Morgan fingerprint density at radius 3 is 2.19 bits per heavy atom. The predicted molar refractivity (Wildman–Crippen MR) is 128 cm³/mol. The molecule has 0 bridgehead atoms. The van der Waals surface area contributed by atoms with Gasteiger partial charge in [0.05, 0.1) is 0 Å². The molecule has 1 amide bonds. The van der Waals surface area contributed by atoms with E-state index < -0.39 is 17.9 Å². The third-order valence-corrected chi connectivity index (χ3v) is 5.63. The molecule has 0 aliphatic carbocycles. The van der Waals surface area contributed by atoms with Crippen LogP contribution >= 0.6 is 12.6 Å². The largest absolute Gasteiger partial charge is 0.489 e. The number of rotatable bonds is 11. The molecule has 6 heteroatoms. The zero-order chi connectivity index (χ0) is 22.8. The van der Waals surface area contributed by atoms with E-state index in [2.05, 4.69) is 17.9 Å². The molecule has 166 valence electrons. The number of aliphatic carboxylic acids is 1. The first kappa shape index (κ1) is 23.4. The van der Waals surface area contributed by atoms with Gasteiger partial charge in [0, 0.05) is 11.7 Å². The number of benzene rings is 3. The van der Waals surface area contributed by atoms with Gasteiger partial charge in [0.15, 0.2) is 6.04 Å². The molecule has 2 atom stereocenters. The van der Waals surface area contributed by atoms with Crippen molar-refractivity contribution in [2.45, 2.75) is 25.5 Å². The van der Waals surface area contributed by atoms with Gasteiger partial charge in [-0.3, -0.25) is 4.79 Å². The zero-order valence-electron chi connectivity index (χ0n) is 17.7. The van der Waals surface area contributed by atoms with E-state index in [1.807, 2.05) is 60.7 Å². The molecule has 3 rings (SSSR count). The molecule has 3 aromatic carbocycles. The van der Waals surface area contributed by atoms with Crippen molar-refractivity contribution >= 4 is 24.5 Å². The van der Waals surface area contributed by atoms with Gasteiger partial charge in [0.25, 0.3) is 0 Å². The monoisotopic (exact) mass is 449 g/mol. The summed E-state index contributed by atoms with van der Waals surface area (Å²) in [5.41, 5.74) is 2.60. The minimum atomic E-state index is -1.16. The molecule has 2 N–H and O–H groups in total. The normalized spacial score (nSPS) is 12.5. The number of hydrogen-bond acceptors (Lipinski definition) is 4. The highest BCUT2D eigenvalue weighted by atomic mass is 32.1. The Balaban J connectivity index is 1.64. The minimum Gasteiger partial charge on any atom is -0.489 e. The van der Waals surface area contributed by atoms with E-state index in [1.54, 1.807) is 24.3 Å². The van der Waals surface area contributed by atoms with Crippen molar-refractivity contribution in [2.75, 3.05) is 5.75 Å². The molecule has 2 unspecified atom stereocenters. The van der Waals surface area contributed by atoms with E-state index in [9.17, 15) is 14.7 Å². The van der Waals surface area contributed by atoms with E-state index in [0.29, 0.717) is 30.1 Å². The number of thiol groups is 1. The summed E-state index contributed by atoms with van der Waals surface area (Å²) in [5.74, 6) is -0.955. The summed E-state index contributed by atoms with van der Waals surface area (Å²) in [5, 5.41) is 12.4. The number of carbonyl (C=O) groups is 2. The molecule has 0 aliphatic rings. The summed E-state index contributed by atoms with van der Waals surface area (Å²) in [4.78, 5) is 24.8. The molecule has 5 nitrogen and oxygen atoms in total. The second-order valence-electron chi connectivity index (χ2n) is 7.53. The molecule has 0 spiro atoms. The molecule has 0 saturated heterocycles. The lowest BCUT2D eigenvalue weighted by atomic mass is 9.99. The fraction of sp³-hybridized carbons (Fsp3) is 0.231. The Morgan fingerprint density at radius 1 is 0.906 bits per heavy atom. The highest BCUT2D eigenvalue weighted by Crippen LogP contribution is 2.22. The van der Waals surface area contributed by atoms with Crippen LogP contribution in [0.15, 0.2) is 84.9 Å². The van der Waals surface area contributed by atoms with Crippen LogP contribution in [0, 0.1) is 5.92 Å². The lowest BCUT2D eigenvalue weighted by molar-refractivity contribution is -0.142. The van der Waals surface area contributed by atoms with Crippen molar-refractivity contribution in [3.8, 4) is 5.75 Å². The molecule has 0 fully saturated rings. The number of carboxylic acid groups (broad SMARTS) is 1. The third-order valence-electron chi connectivity index (χ3n) is 5.19. The first-order valence-corrected chi connectivity index (χ1v) is 11.1. The molecule has 0 aromatic heterocycles. The van der Waals surface area contributed by atoms with Crippen LogP contribution in [0.5, 0.6) is 5.75 Å². The molecule has 0 heterocycles. The summed E-state index contributed by atoms with van der Waals surface area (Å²) in [6.07, 6.45) is 1.31. The van der Waals surface area contributed by atoms with E-state index >= 15 is 0 Å². The quantitative estimate of drug-likeness (QED) is 0.371. The second-order valence-corrected chi connectivity index (χ2v) is 7.90. The van der Waals surface area contributed by atoms with Crippen molar-refractivity contribution in [1.82, 2.24) is 5.32 Å². The standard InChI is InChI=1S/C26H27NO4S/c28-25(22(18-32)15-14-19-8-3-1-4-9-19)27-24(26(29)30)21-12-7-13-23(16-21)31-17-20-10-5-2-6-11-20/h1-13,16,22,24,32H,14-15,17-18H2,(H,27,28)(H,29,30). The maximum Gasteiger partial charge on any atom is 0.330 e. The molecular weight excluding hydrogens is 422 g/mol. The van der Waals surface area contributed by atoms with Crippen LogP contribution in [-0.4, -0.2) is 22.7 Å². The number of hydrogen-bond donors (Lipinski definition) is 3. The average Bonchev–Trinajstić information content (AvgIpc) is 2.83. The van der Waals surface area contributed by atoms with Crippen LogP contribution in [0.1, 0.15) is 29.2 Å². The van der Waals surface area contributed by atoms with Gasteiger partial charge in [-0.1, -0.05) is 72.8 Å². The molecular formula is C26H27NO4S. The van der Waals surface area contributed by atoms with E-state index in [-0.39, 0.29) is 5.91 Å². The van der Waals surface area contributed by atoms with Gasteiger partial charge >= 0.3 is 5.97 Å². The second kappa shape index (κ2) is 12.0. The van der Waals surface area contributed by atoms with Gasteiger partial charge in [-0.2, -0.15) is 12.6 Å². The van der Waals surface area contributed by atoms with Crippen LogP contribution in [-0.2, 0) is 22.6 Å². The van der Waals surface area contributed by atoms with Gasteiger partial charge in [0.1, 0.15) is 12.4 Å². The molecule has 0 radical (unpaired) electrons. The van der Waals surface area contributed by atoms with Gasteiger partial charge < -0.3 is 15.2 Å². The molecule has 0 saturated carbocycles. The molecule has 3 aromatic rings. The maximum atomic E-state index is 12.8. The summed E-state index contributed by atoms with van der Waals surface area (Å²) in [6, 6.07) is 25.2. The SMILES string of the molecule is O=C(NC(C(=O)O)c1cccc(OCc2ccccc2)c1)C(CS)CCc1ccccc1. The Kier molecular flexibility index (Phi) is 8.75. The summed E-state index contributed by atoms with van der Waals surface area (Å²) < 4.78 is 5.81. The van der Waals surface area contributed by atoms with Crippen LogP contribution < -0.4 is 10.1 Å². The van der Waals surface area contributed by atoms with Crippen molar-refractivity contribution in [3.05, 3.63) is 102 Å². The Labute approximate surface area is 193 Å². The van der Waals surface area contributed by atoms with Crippen molar-refractivity contribution < 1.29 is 19.4 Å². The molecule has 32 heavy (non-hydrogen) atoms. The molecule has 0 aliphatic heterocycles. The number of carbonyl (C=O) groups excluding carboxylic acids is 1. The van der Waals surface area contributed by atoms with E-state index in [1.165, 1.54) is 0 Å². The van der Waals surface area contributed by atoms with Crippen LogP contribution in [0.3, 0.4) is 0 Å². The summed E-state index contributed by atoms with van der Waals surface area (Å²) in [6.45, 7) is 0.371. The number of nitrogens with one attached hydrogen (secondary N) is 1.